The monoisotopic (exact) mass is 224 g/mol. The van der Waals surface area contributed by atoms with Gasteiger partial charge >= 0.3 is 0 Å². The fourth-order valence-electron chi connectivity index (χ4n) is 1.22. The number of aromatic hydroxyl groups is 1. The van der Waals surface area contributed by atoms with E-state index in [9.17, 15) is 13.9 Å². The minimum Gasteiger partial charge on any atom is -0.768 e. The van der Waals surface area contributed by atoms with Gasteiger partial charge in [0, 0.05) is 10.5 Å². The maximum absolute atomic E-state index is 10.9. The first-order valence-electron chi connectivity index (χ1n) is 4.16. The number of phenols is 1. The van der Waals surface area contributed by atoms with Crippen LogP contribution in [0.2, 0.25) is 0 Å². The Morgan fingerprint density at radius 3 is 2.73 bits per heavy atom. The van der Waals surface area contributed by atoms with Crippen molar-refractivity contribution >= 4 is 29.6 Å². The quantitative estimate of drug-likeness (QED) is 0.630. The van der Waals surface area contributed by atoms with Crippen molar-refractivity contribution in [2.45, 2.75) is 11.8 Å². The molecule has 0 aliphatic carbocycles. The first-order valence-corrected chi connectivity index (χ1v) is 5.24. The van der Waals surface area contributed by atoms with Crippen LogP contribution in [0.4, 0.5) is 5.69 Å². The molecule has 0 spiro atoms. The Morgan fingerprint density at radius 2 is 2.27 bits per heavy atom. The molecule has 1 aromatic rings. The molecule has 0 heterocycles. The summed E-state index contributed by atoms with van der Waals surface area (Å²) in [6.07, 6.45) is 3.23. The molecule has 1 aromatic carbocycles. The molecule has 5 heteroatoms. The number of rotatable bonds is 3. The Bertz CT molecular complexity index is 441. The van der Waals surface area contributed by atoms with Crippen molar-refractivity contribution in [3.63, 3.8) is 0 Å². The number of nitrogens with zero attached hydrogens (tertiary/aromatic N) is 1. The molecular weight excluding hydrogens is 214 g/mol. The lowest BCUT2D eigenvalue weighted by Crippen LogP contribution is -1.93. The second-order valence-electron chi connectivity index (χ2n) is 2.74. The van der Waals surface area contributed by atoms with Gasteiger partial charge in [-0.05, 0) is 36.9 Å². The molecule has 0 saturated carbocycles. The van der Waals surface area contributed by atoms with E-state index in [2.05, 4.69) is 11.7 Å². The summed E-state index contributed by atoms with van der Waals surface area (Å²) in [5.74, 6) is -0.0905. The molecule has 4 nitrogen and oxygen atoms in total. The zero-order valence-electron chi connectivity index (χ0n) is 8.14. The summed E-state index contributed by atoms with van der Waals surface area (Å²) in [5.41, 5.74) is 0.524. The zero-order valence-corrected chi connectivity index (χ0v) is 8.95. The van der Waals surface area contributed by atoms with E-state index in [0.717, 1.165) is 0 Å². The standard InChI is InChI=1S/C10H11NO3S/c1-3-4-7-9(15(13)14)6-5-8(12)10(7)11-2/h3-6,12H,2H2,1H3,(H,13,14)/p-1. The third-order valence-electron chi connectivity index (χ3n) is 1.83. The van der Waals surface area contributed by atoms with Crippen LogP contribution in [0.3, 0.4) is 0 Å². The predicted molar refractivity (Wildman–Crippen MR) is 59.2 cm³/mol. The van der Waals surface area contributed by atoms with Gasteiger partial charge in [-0.25, -0.2) is 0 Å². The molecule has 0 radical (unpaired) electrons. The van der Waals surface area contributed by atoms with E-state index in [0.29, 0.717) is 5.56 Å². The third kappa shape index (κ3) is 2.31. The first-order chi connectivity index (χ1) is 7.11. The third-order valence-corrected chi connectivity index (χ3v) is 2.54. The van der Waals surface area contributed by atoms with E-state index in [1.54, 1.807) is 19.1 Å². The first kappa shape index (κ1) is 11.6. The van der Waals surface area contributed by atoms with Crippen LogP contribution >= 0.6 is 0 Å². The molecule has 0 aliphatic heterocycles. The summed E-state index contributed by atoms with van der Waals surface area (Å²) in [4.78, 5) is 3.70. The van der Waals surface area contributed by atoms with Gasteiger partial charge < -0.3 is 9.66 Å². The van der Waals surface area contributed by atoms with Gasteiger partial charge in [0.05, 0.1) is 0 Å². The Balaban J connectivity index is 3.55. The number of allylic oxidation sites excluding steroid dienone is 1. The molecule has 0 saturated heterocycles. The summed E-state index contributed by atoms with van der Waals surface area (Å²) in [5, 5.41) is 9.46. The van der Waals surface area contributed by atoms with Gasteiger partial charge in [-0.3, -0.25) is 9.20 Å². The van der Waals surface area contributed by atoms with Crippen LogP contribution in [0.1, 0.15) is 12.5 Å². The highest BCUT2D eigenvalue weighted by Gasteiger charge is 2.09. The van der Waals surface area contributed by atoms with Gasteiger partial charge in [0.25, 0.3) is 0 Å². The summed E-state index contributed by atoms with van der Waals surface area (Å²) in [7, 11) is 0. The van der Waals surface area contributed by atoms with Crippen molar-refractivity contribution in [1.82, 2.24) is 0 Å². The average molecular weight is 224 g/mol. The van der Waals surface area contributed by atoms with Crippen molar-refractivity contribution in [2.24, 2.45) is 4.99 Å². The van der Waals surface area contributed by atoms with Crippen molar-refractivity contribution in [1.29, 1.82) is 0 Å². The van der Waals surface area contributed by atoms with Gasteiger partial charge in [0.15, 0.2) is 0 Å². The lowest BCUT2D eigenvalue weighted by Gasteiger charge is -2.12. The molecule has 0 bridgehead atoms. The molecule has 0 amide bonds. The molecular formula is C10H10NO3S-. The Hall–Kier alpha value is -1.46. The number of hydrogen-bond donors (Lipinski definition) is 1. The fraction of sp³-hybridized carbons (Fsp3) is 0.100. The number of benzene rings is 1. The Kier molecular flexibility index (Phi) is 3.76. The van der Waals surface area contributed by atoms with E-state index in [4.69, 9.17) is 0 Å². The summed E-state index contributed by atoms with van der Waals surface area (Å²) in [6.45, 7) is 5.03. The lowest BCUT2D eigenvalue weighted by atomic mass is 10.1. The largest absolute Gasteiger partial charge is 0.768 e. The molecule has 0 aliphatic rings. The minimum absolute atomic E-state index is 0.0905. The van der Waals surface area contributed by atoms with Crippen molar-refractivity contribution < 1.29 is 13.9 Å². The molecule has 80 valence electrons. The van der Waals surface area contributed by atoms with Gasteiger partial charge in [-0.15, -0.1) is 0 Å². The van der Waals surface area contributed by atoms with E-state index in [1.165, 1.54) is 12.1 Å². The van der Waals surface area contributed by atoms with Gasteiger partial charge in [0.2, 0.25) is 0 Å². The molecule has 0 fully saturated rings. The van der Waals surface area contributed by atoms with Gasteiger partial charge in [-0.1, -0.05) is 12.2 Å². The van der Waals surface area contributed by atoms with Crippen molar-refractivity contribution in [3.05, 3.63) is 23.8 Å². The van der Waals surface area contributed by atoms with Crippen molar-refractivity contribution in [2.75, 3.05) is 0 Å². The van der Waals surface area contributed by atoms with E-state index >= 15 is 0 Å². The molecule has 1 rings (SSSR count). The minimum atomic E-state index is -2.36. The smallest absolute Gasteiger partial charge is 0.141 e. The van der Waals surface area contributed by atoms with Crippen LogP contribution in [-0.4, -0.2) is 20.6 Å². The molecule has 1 atom stereocenters. The van der Waals surface area contributed by atoms with Gasteiger partial charge in [0.1, 0.15) is 11.4 Å². The normalized spacial score (nSPS) is 12.9. The maximum atomic E-state index is 10.9. The van der Waals surface area contributed by atoms with Crippen LogP contribution in [0.25, 0.3) is 6.08 Å². The molecule has 15 heavy (non-hydrogen) atoms. The van der Waals surface area contributed by atoms with E-state index in [1.807, 2.05) is 0 Å². The maximum Gasteiger partial charge on any atom is 0.141 e. The zero-order chi connectivity index (χ0) is 11.4. The van der Waals surface area contributed by atoms with E-state index in [-0.39, 0.29) is 16.3 Å². The van der Waals surface area contributed by atoms with Crippen LogP contribution in [0.15, 0.2) is 28.1 Å². The summed E-state index contributed by atoms with van der Waals surface area (Å²) >= 11 is -2.36. The number of phenolic OH excluding ortho intramolecular Hbond substituents is 1. The second kappa shape index (κ2) is 4.86. The highest BCUT2D eigenvalue weighted by molar-refractivity contribution is 7.79. The fourth-order valence-corrected chi connectivity index (χ4v) is 1.74. The Labute approximate surface area is 90.3 Å². The number of hydrogen-bond acceptors (Lipinski definition) is 4. The lowest BCUT2D eigenvalue weighted by molar-refractivity contribution is 0.476. The van der Waals surface area contributed by atoms with Crippen LogP contribution < -0.4 is 0 Å². The Morgan fingerprint density at radius 1 is 1.60 bits per heavy atom. The SMILES string of the molecule is C=Nc1c(O)ccc(S(=O)[O-])c1C=CC. The molecule has 0 aromatic heterocycles. The molecule has 1 unspecified atom stereocenters. The summed E-state index contributed by atoms with van der Waals surface area (Å²) in [6, 6.07) is 2.60. The van der Waals surface area contributed by atoms with Gasteiger partial charge in [-0.2, -0.15) is 0 Å². The topological polar surface area (TPSA) is 72.7 Å². The summed E-state index contributed by atoms with van der Waals surface area (Å²) < 4.78 is 21.8. The highest BCUT2D eigenvalue weighted by Crippen LogP contribution is 2.34. The van der Waals surface area contributed by atoms with Crippen LogP contribution in [0, 0.1) is 0 Å². The second-order valence-corrected chi connectivity index (χ2v) is 3.65. The van der Waals surface area contributed by atoms with Crippen LogP contribution in [0.5, 0.6) is 5.75 Å². The van der Waals surface area contributed by atoms with Crippen LogP contribution in [-0.2, 0) is 11.1 Å². The van der Waals surface area contributed by atoms with Crippen molar-refractivity contribution in [3.8, 4) is 5.75 Å². The van der Waals surface area contributed by atoms with E-state index < -0.39 is 11.1 Å². The number of aliphatic imine (C=N–C) groups is 1. The average Bonchev–Trinajstić information content (AvgIpc) is 2.18. The molecule has 1 N–H and O–H groups in total. The predicted octanol–water partition coefficient (Wildman–Crippen LogP) is 2.00. The highest BCUT2D eigenvalue weighted by atomic mass is 32.2.